The molecule has 4 heteroatoms. The lowest BCUT2D eigenvalue weighted by Gasteiger charge is -2.27. The average Bonchev–Trinajstić information content (AvgIpc) is 2.11. The van der Waals surface area contributed by atoms with E-state index in [9.17, 15) is 4.79 Å². The van der Waals surface area contributed by atoms with Crippen molar-refractivity contribution in [3.05, 3.63) is 0 Å². The molecule has 1 atom stereocenters. The minimum atomic E-state index is -0.165. The summed E-state index contributed by atoms with van der Waals surface area (Å²) in [4.78, 5) is 11.8. The Morgan fingerprint density at radius 3 is 2.12 bits per heavy atom. The predicted octanol–water partition coefficient (Wildman–Crippen LogP) is 2.02. The number of hydrogen-bond acceptors (Lipinski definition) is 3. The molecule has 0 aliphatic carbocycles. The van der Waals surface area contributed by atoms with Crippen LogP contribution in [0.25, 0.3) is 0 Å². The third-order valence-electron chi connectivity index (χ3n) is 2.28. The molecule has 0 aliphatic rings. The van der Waals surface area contributed by atoms with E-state index in [0.717, 1.165) is 6.54 Å². The summed E-state index contributed by atoms with van der Waals surface area (Å²) in [5, 5.41) is 6.23. The molecule has 3 nitrogen and oxygen atoms in total. The Morgan fingerprint density at radius 1 is 1.25 bits per heavy atom. The summed E-state index contributed by atoms with van der Waals surface area (Å²) in [5.74, 6) is 0.0596. The van der Waals surface area contributed by atoms with Crippen LogP contribution in [0.5, 0.6) is 0 Å². The topological polar surface area (TPSA) is 41.1 Å². The lowest BCUT2D eigenvalue weighted by atomic mass is 10.1. The third-order valence-corrected chi connectivity index (χ3v) is 3.53. The molecule has 0 aromatic rings. The van der Waals surface area contributed by atoms with E-state index in [1.807, 2.05) is 27.7 Å². The summed E-state index contributed by atoms with van der Waals surface area (Å²) >= 11 is 1.80. The van der Waals surface area contributed by atoms with Gasteiger partial charge >= 0.3 is 0 Å². The first-order chi connectivity index (χ1) is 7.07. The zero-order valence-corrected chi connectivity index (χ0v) is 12.4. The molecule has 2 N–H and O–H groups in total. The summed E-state index contributed by atoms with van der Waals surface area (Å²) in [6.45, 7) is 13.0. The van der Waals surface area contributed by atoms with Crippen LogP contribution >= 0.6 is 11.8 Å². The fourth-order valence-corrected chi connectivity index (χ4v) is 1.27. The zero-order chi connectivity index (χ0) is 13.0. The van der Waals surface area contributed by atoms with Gasteiger partial charge in [0.15, 0.2) is 0 Å². The van der Waals surface area contributed by atoms with Crippen molar-refractivity contribution in [3.63, 3.8) is 0 Å². The SMILES string of the molecule is CSC(C)(C)CNC(C)C(=O)NC(C)(C)C. The van der Waals surface area contributed by atoms with Crippen molar-refractivity contribution in [1.29, 1.82) is 0 Å². The Bertz CT molecular complexity index is 234. The Kier molecular flexibility index (Phi) is 5.84. The van der Waals surface area contributed by atoms with E-state index in [0.29, 0.717) is 0 Å². The first kappa shape index (κ1) is 15.8. The molecular weight excluding hydrogens is 220 g/mol. The van der Waals surface area contributed by atoms with Crippen LogP contribution in [0.15, 0.2) is 0 Å². The molecule has 0 aromatic heterocycles. The number of carbonyl (C=O) groups excluding carboxylic acids is 1. The molecule has 0 spiro atoms. The van der Waals surface area contributed by atoms with Crippen LogP contribution in [0, 0.1) is 0 Å². The molecule has 0 aromatic carbocycles. The lowest BCUT2D eigenvalue weighted by molar-refractivity contribution is -0.124. The molecule has 0 radical (unpaired) electrons. The molecular formula is C12H26N2OS. The van der Waals surface area contributed by atoms with Crippen LogP contribution in [-0.4, -0.2) is 35.0 Å². The number of carbonyl (C=O) groups is 1. The quantitative estimate of drug-likeness (QED) is 0.780. The number of hydrogen-bond donors (Lipinski definition) is 2. The largest absolute Gasteiger partial charge is 0.350 e. The predicted molar refractivity (Wildman–Crippen MR) is 73.0 cm³/mol. The molecule has 0 heterocycles. The highest BCUT2D eigenvalue weighted by Gasteiger charge is 2.22. The standard InChI is InChI=1S/C12H26N2OS/c1-9(10(15)14-11(2,3)4)13-8-12(5,6)16-7/h9,13H,8H2,1-7H3,(H,14,15). The maximum atomic E-state index is 11.8. The molecule has 0 rings (SSSR count). The Balaban J connectivity index is 4.08. The first-order valence-electron chi connectivity index (χ1n) is 5.68. The summed E-state index contributed by atoms with van der Waals surface area (Å²) in [6.07, 6.45) is 2.08. The molecule has 0 saturated heterocycles. The number of rotatable bonds is 5. The van der Waals surface area contributed by atoms with Gasteiger partial charge in [0, 0.05) is 16.8 Å². The van der Waals surface area contributed by atoms with Crippen molar-refractivity contribution in [2.24, 2.45) is 0 Å². The molecule has 96 valence electrons. The Hall–Kier alpha value is -0.220. The molecule has 16 heavy (non-hydrogen) atoms. The summed E-state index contributed by atoms with van der Waals surface area (Å²) in [5.41, 5.74) is -0.165. The maximum absolute atomic E-state index is 11.8. The molecule has 1 amide bonds. The van der Waals surface area contributed by atoms with Crippen molar-refractivity contribution in [1.82, 2.24) is 10.6 Å². The number of thioether (sulfide) groups is 1. The van der Waals surface area contributed by atoms with Gasteiger partial charge in [-0.1, -0.05) is 0 Å². The molecule has 0 aliphatic heterocycles. The normalized spacial score (nSPS) is 14.7. The van der Waals surface area contributed by atoms with Crippen molar-refractivity contribution in [2.75, 3.05) is 12.8 Å². The highest BCUT2D eigenvalue weighted by Crippen LogP contribution is 2.19. The number of nitrogens with one attached hydrogen (secondary N) is 2. The highest BCUT2D eigenvalue weighted by atomic mass is 32.2. The summed E-state index contributed by atoms with van der Waals surface area (Å²) in [7, 11) is 0. The van der Waals surface area contributed by atoms with Crippen molar-refractivity contribution in [2.45, 2.75) is 57.9 Å². The van der Waals surface area contributed by atoms with Gasteiger partial charge in [-0.05, 0) is 47.8 Å². The van der Waals surface area contributed by atoms with E-state index in [1.54, 1.807) is 11.8 Å². The van der Waals surface area contributed by atoms with Gasteiger partial charge in [-0.3, -0.25) is 4.79 Å². The monoisotopic (exact) mass is 246 g/mol. The van der Waals surface area contributed by atoms with Crippen molar-refractivity contribution < 1.29 is 4.79 Å². The van der Waals surface area contributed by atoms with E-state index in [1.165, 1.54) is 0 Å². The first-order valence-corrected chi connectivity index (χ1v) is 6.90. The lowest BCUT2D eigenvalue weighted by Crippen LogP contribution is -2.51. The van der Waals surface area contributed by atoms with Gasteiger partial charge in [-0.15, -0.1) is 0 Å². The highest BCUT2D eigenvalue weighted by molar-refractivity contribution is 7.99. The van der Waals surface area contributed by atoms with Gasteiger partial charge in [0.25, 0.3) is 0 Å². The summed E-state index contributed by atoms with van der Waals surface area (Å²) in [6, 6.07) is -0.148. The Labute approximate surface area is 104 Å². The van der Waals surface area contributed by atoms with E-state index in [2.05, 4.69) is 30.7 Å². The second kappa shape index (κ2) is 5.92. The van der Waals surface area contributed by atoms with E-state index in [-0.39, 0.29) is 22.2 Å². The second-order valence-corrected chi connectivity index (χ2v) is 7.32. The average molecular weight is 246 g/mol. The molecule has 0 fully saturated rings. The molecule has 0 saturated carbocycles. The van der Waals surface area contributed by atoms with E-state index >= 15 is 0 Å². The fourth-order valence-electron chi connectivity index (χ4n) is 1.04. The van der Waals surface area contributed by atoms with Crippen LogP contribution in [0.3, 0.4) is 0 Å². The minimum absolute atomic E-state index is 0.0596. The van der Waals surface area contributed by atoms with E-state index in [4.69, 9.17) is 0 Å². The maximum Gasteiger partial charge on any atom is 0.237 e. The third kappa shape index (κ3) is 7.12. The van der Waals surface area contributed by atoms with Crippen molar-refractivity contribution >= 4 is 17.7 Å². The van der Waals surface area contributed by atoms with Gasteiger partial charge in [-0.25, -0.2) is 0 Å². The van der Waals surface area contributed by atoms with Gasteiger partial charge in [0.1, 0.15) is 0 Å². The van der Waals surface area contributed by atoms with Gasteiger partial charge in [0.05, 0.1) is 6.04 Å². The fraction of sp³-hybridized carbons (Fsp3) is 0.917. The van der Waals surface area contributed by atoms with Crippen LogP contribution < -0.4 is 10.6 Å². The van der Waals surface area contributed by atoms with Crippen LogP contribution in [-0.2, 0) is 4.79 Å². The second-order valence-electron chi connectivity index (χ2n) is 5.81. The van der Waals surface area contributed by atoms with Gasteiger partial charge in [0.2, 0.25) is 5.91 Å². The molecule has 0 bridgehead atoms. The van der Waals surface area contributed by atoms with Crippen LogP contribution in [0.4, 0.5) is 0 Å². The van der Waals surface area contributed by atoms with Crippen LogP contribution in [0.2, 0.25) is 0 Å². The van der Waals surface area contributed by atoms with Crippen molar-refractivity contribution in [3.8, 4) is 0 Å². The van der Waals surface area contributed by atoms with E-state index < -0.39 is 0 Å². The Morgan fingerprint density at radius 2 is 1.75 bits per heavy atom. The smallest absolute Gasteiger partial charge is 0.237 e. The van der Waals surface area contributed by atoms with Gasteiger partial charge < -0.3 is 10.6 Å². The van der Waals surface area contributed by atoms with Gasteiger partial charge in [-0.2, -0.15) is 11.8 Å². The zero-order valence-electron chi connectivity index (χ0n) is 11.6. The summed E-state index contributed by atoms with van der Waals surface area (Å²) < 4.78 is 0.163. The number of amides is 1. The minimum Gasteiger partial charge on any atom is -0.350 e. The molecule has 1 unspecified atom stereocenters. The van der Waals surface area contributed by atoms with Crippen LogP contribution in [0.1, 0.15) is 41.5 Å².